The molecule has 7 heteroatoms. The molecule has 0 aliphatic heterocycles. The number of nitrogens with one attached hydrogen (secondary N) is 1. The minimum atomic E-state index is -0.644. The van der Waals surface area contributed by atoms with Crippen molar-refractivity contribution in [1.29, 1.82) is 0 Å². The molecule has 23 heavy (non-hydrogen) atoms. The summed E-state index contributed by atoms with van der Waals surface area (Å²) in [4.78, 5) is 14.4. The van der Waals surface area contributed by atoms with Crippen LogP contribution in [0.3, 0.4) is 0 Å². The number of para-hydroxylation sites is 2. The minimum Gasteiger partial charge on any atom is -0.502 e. The second-order valence-electron chi connectivity index (χ2n) is 4.72. The van der Waals surface area contributed by atoms with Crippen molar-refractivity contribution in [2.75, 3.05) is 5.43 Å². The predicted molar refractivity (Wildman–Crippen MR) is 87.7 cm³/mol. The molecule has 0 aliphatic carbocycles. The number of phenols is 1. The fourth-order valence-corrected chi connectivity index (χ4v) is 2.17. The highest BCUT2D eigenvalue weighted by Crippen LogP contribution is 2.28. The first-order valence-electron chi connectivity index (χ1n) is 6.76. The lowest BCUT2D eigenvalue weighted by Gasteiger charge is -2.04. The number of fused-ring (bicyclic) bond motifs is 1. The fourth-order valence-electron chi connectivity index (χ4n) is 2.17. The van der Waals surface area contributed by atoms with Gasteiger partial charge in [-0.05, 0) is 18.2 Å². The molecule has 2 aromatic carbocycles. The summed E-state index contributed by atoms with van der Waals surface area (Å²) in [7, 11) is 0. The molecule has 3 aromatic rings. The molecule has 1 aromatic heterocycles. The lowest BCUT2D eigenvalue weighted by molar-refractivity contribution is -0.385. The number of aromatic nitrogens is 1. The van der Waals surface area contributed by atoms with Gasteiger partial charge in [-0.2, -0.15) is 5.10 Å². The van der Waals surface area contributed by atoms with Crippen LogP contribution in [0, 0.1) is 10.1 Å². The Bertz CT molecular complexity index is 903. The van der Waals surface area contributed by atoms with E-state index in [-0.39, 0.29) is 11.3 Å². The molecule has 0 saturated carbocycles. The number of anilines is 1. The van der Waals surface area contributed by atoms with Crippen molar-refractivity contribution in [1.82, 2.24) is 4.98 Å². The normalized spacial score (nSPS) is 11.0. The molecule has 0 bridgehead atoms. The summed E-state index contributed by atoms with van der Waals surface area (Å²) in [6.07, 6.45) is 3.01. The monoisotopic (exact) mass is 308 g/mol. The maximum absolute atomic E-state index is 10.8. The number of hydrogen-bond donors (Lipinski definition) is 2. The Hall–Kier alpha value is -3.48. The fraction of sp³-hybridized carbons (Fsp3) is 0. The van der Waals surface area contributed by atoms with E-state index in [4.69, 9.17) is 0 Å². The first-order chi connectivity index (χ1) is 11.2. The van der Waals surface area contributed by atoms with Gasteiger partial charge in [-0.25, -0.2) is 0 Å². The molecule has 0 atom stereocenters. The Kier molecular flexibility index (Phi) is 3.84. The van der Waals surface area contributed by atoms with Gasteiger partial charge in [0.2, 0.25) is 5.75 Å². The molecule has 0 radical (unpaired) electrons. The summed E-state index contributed by atoms with van der Waals surface area (Å²) in [5.74, 6) is -0.418. The number of nitro groups is 1. The van der Waals surface area contributed by atoms with Crippen molar-refractivity contribution in [3.63, 3.8) is 0 Å². The Morgan fingerprint density at radius 1 is 1.17 bits per heavy atom. The van der Waals surface area contributed by atoms with E-state index in [0.717, 1.165) is 10.9 Å². The molecule has 7 nitrogen and oxygen atoms in total. The zero-order valence-electron chi connectivity index (χ0n) is 11.9. The smallest absolute Gasteiger partial charge is 0.311 e. The van der Waals surface area contributed by atoms with Crippen LogP contribution in [0.15, 0.2) is 59.8 Å². The van der Waals surface area contributed by atoms with Crippen LogP contribution in [-0.4, -0.2) is 21.2 Å². The van der Waals surface area contributed by atoms with Crippen LogP contribution in [0.25, 0.3) is 10.9 Å². The highest BCUT2D eigenvalue weighted by molar-refractivity contribution is 5.91. The third-order valence-electron chi connectivity index (χ3n) is 3.26. The summed E-state index contributed by atoms with van der Waals surface area (Å²) >= 11 is 0. The minimum absolute atomic E-state index is 0.250. The van der Waals surface area contributed by atoms with Crippen molar-refractivity contribution in [2.24, 2.45) is 5.10 Å². The first-order valence-corrected chi connectivity index (χ1v) is 6.76. The topological polar surface area (TPSA) is 101 Å². The van der Waals surface area contributed by atoms with Gasteiger partial charge in [0.25, 0.3) is 0 Å². The summed E-state index contributed by atoms with van der Waals surface area (Å²) in [6.45, 7) is 0. The van der Waals surface area contributed by atoms with E-state index in [1.165, 1.54) is 24.4 Å². The molecule has 0 fully saturated rings. The predicted octanol–water partition coefficient (Wildman–Crippen LogP) is 3.29. The third-order valence-corrected chi connectivity index (χ3v) is 3.26. The molecular formula is C16H12N4O3. The Morgan fingerprint density at radius 3 is 2.78 bits per heavy atom. The van der Waals surface area contributed by atoms with E-state index in [1.54, 1.807) is 6.20 Å². The van der Waals surface area contributed by atoms with Gasteiger partial charge >= 0.3 is 5.69 Å². The Morgan fingerprint density at radius 2 is 1.96 bits per heavy atom. The Balaban J connectivity index is 1.87. The number of nitrogens with zero attached hydrogens (tertiary/aromatic N) is 3. The van der Waals surface area contributed by atoms with Crippen molar-refractivity contribution in [2.45, 2.75) is 0 Å². The number of rotatable bonds is 4. The molecule has 0 unspecified atom stereocenters. The van der Waals surface area contributed by atoms with E-state index in [0.29, 0.717) is 5.69 Å². The van der Waals surface area contributed by atoms with Gasteiger partial charge in [-0.15, -0.1) is 0 Å². The standard InChI is InChI=1S/C16H12N4O3/c21-16-12(5-2-8-14(16)20(22)23)10-18-19-13-7-1-4-11-6-3-9-17-15(11)13/h1-10,19,21H. The van der Waals surface area contributed by atoms with Crippen LogP contribution in [0.1, 0.15) is 5.56 Å². The van der Waals surface area contributed by atoms with Gasteiger partial charge < -0.3 is 5.11 Å². The molecule has 0 aliphatic rings. The third kappa shape index (κ3) is 2.93. The maximum Gasteiger partial charge on any atom is 0.311 e. The van der Waals surface area contributed by atoms with Crippen molar-refractivity contribution in [3.8, 4) is 5.75 Å². The zero-order chi connectivity index (χ0) is 16.2. The summed E-state index contributed by atoms with van der Waals surface area (Å²) < 4.78 is 0. The van der Waals surface area contributed by atoms with E-state index >= 15 is 0 Å². The maximum atomic E-state index is 10.8. The number of hydrazone groups is 1. The number of hydrogen-bond acceptors (Lipinski definition) is 6. The van der Waals surface area contributed by atoms with E-state index in [2.05, 4.69) is 15.5 Å². The van der Waals surface area contributed by atoms with E-state index in [1.807, 2.05) is 30.3 Å². The van der Waals surface area contributed by atoms with Crippen LogP contribution < -0.4 is 5.43 Å². The highest BCUT2D eigenvalue weighted by atomic mass is 16.6. The lowest BCUT2D eigenvalue weighted by Crippen LogP contribution is -1.95. The summed E-state index contributed by atoms with van der Waals surface area (Å²) in [6, 6.07) is 13.7. The van der Waals surface area contributed by atoms with E-state index < -0.39 is 10.7 Å². The molecule has 2 N–H and O–H groups in total. The van der Waals surface area contributed by atoms with Gasteiger partial charge in [-0.3, -0.25) is 20.5 Å². The number of benzene rings is 2. The van der Waals surface area contributed by atoms with Gasteiger partial charge in [0, 0.05) is 23.2 Å². The van der Waals surface area contributed by atoms with Gasteiger partial charge in [0.05, 0.1) is 22.3 Å². The van der Waals surface area contributed by atoms with Crippen molar-refractivity contribution >= 4 is 28.5 Å². The number of aromatic hydroxyl groups is 1. The molecule has 114 valence electrons. The lowest BCUT2D eigenvalue weighted by atomic mass is 10.2. The van der Waals surface area contributed by atoms with Crippen LogP contribution in [-0.2, 0) is 0 Å². The van der Waals surface area contributed by atoms with Crippen molar-refractivity contribution < 1.29 is 10.0 Å². The van der Waals surface area contributed by atoms with Crippen LogP contribution in [0.5, 0.6) is 5.75 Å². The quantitative estimate of drug-likeness (QED) is 0.437. The average molecular weight is 308 g/mol. The average Bonchev–Trinajstić information content (AvgIpc) is 2.56. The van der Waals surface area contributed by atoms with Gasteiger partial charge in [0.1, 0.15) is 0 Å². The van der Waals surface area contributed by atoms with Crippen molar-refractivity contribution in [3.05, 3.63) is 70.4 Å². The summed E-state index contributed by atoms with van der Waals surface area (Å²) in [5, 5.41) is 25.6. The number of phenolic OH excluding ortho intramolecular Hbond substituents is 1. The molecular weight excluding hydrogens is 296 g/mol. The zero-order valence-corrected chi connectivity index (χ0v) is 11.9. The van der Waals surface area contributed by atoms with Gasteiger partial charge in [-0.1, -0.05) is 24.3 Å². The Labute approximate surface area is 131 Å². The highest BCUT2D eigenvalue weighted by Gasteiger charge is 2.14. The van der Waals surface area contributed by atoms with Crippen LogP contribution in [0.2, 0.25) is 0 Å². The number of pyridine rings is 1. The largest absolute Gasteiger partial charge is 0.502 e. The SMILES string of the molecule is O=[N+]([O-])c1cccc(C=NNc2cccc3cccnc23)c1O. The molecule has 1 heterocycles. The van der Waals surface area contributed by atoms with Crippen LogP contribution in [0.4, 0.5) is 11.4 Å². The molecule has 3 rings (SSSR count). The second kappa shape index (κ2) is 6.10. The second-order valence-corrected chi connectivity index (χ2v) is 4.72. The van der Waals surface area contributed by atoms with Gasteiger partial charge in [0.15, 0.2) is 0 Å². The van der Waals surface area contributed by atoms with Crippen LogP contribution >= 0.6 is 0 Å². The number of nitro benzene ring substituents is 1. The molecule has 0 amide bonds. The molecule has 0 spiro atoms. The molecule has 0 saturated heterocycles. The van der Waals surface area contributed by atoms with E-state index in [9.17, 15) is 15.2 Å². The summed E-state index contributed by atoms with van der Waals surface area (Å²) in [5.41, 5.74) is 4.19. The first kappa shape index (κ1) is 14.5.